The fourth-order valence-corrected chi connectivity index (χ4v) is 6.49. The van der Waals surface area contributed by atoms with E-state index in [1.165, 1.54) is 0 Å². The van der Waals surface area contributed by atoms with Gasteiger partial charge in [0.2, 0.25) is 0 Å². The second-order valence-corrected chi connectivity index (χ2v) is 8.63. The van der Waals surface area contributed by atoms with Crippen LogP contribution < -0.4 is 0 Å². The summed E-state index contributed by atoms with van der Waals surface area (Å²) >= 11 is 0. The average Bonchev–Trinajstić information content (AvgIpc) is 2.49. The molecule has 0 radical (unpaired) electrons. The predicted molar refractivity (Wildman–Crippen MR) is 74.8 cm³/mol. The Balaban J connectivity index is 2.07. The maximum absolute atomic E-state index is 12.2. The van der Waals surface area contributed by atoms with Crippen molar-refractivity contribution in [3.8, 4) is 0 Å². The van der Waals surface area contributed by atoms with E-state index in [0.29, 0.717) is 25.7 Å². The van der Waals surface area contributed by atoms with Crippen LogP contribution in [0.1, 0.15) is 42.4 Å². The molecule has 1 N–H and O–H groups in total. The molecular weight excluding hydrogens is 260 g/mol. The van der Waals surface area contributed by atoms with Crippen molar-refractivity contribution in [3.05, 3.63) is 34.9 Å². The lowest BCUT2D eigenvalue weighted by molar-refractivity contribution is 0.0161. The van der Waals surface area contributed by atoms with Crippen molar-refractivity contribution < 1.29 is 13.5 Å². The highest BCUT2D eigenvalue weighted by atomic mass is 32.2. The lowest BCUT2D eigenvalue weighted by atomic mass is 9.81. The summed E-state index contributed by atoms with van der Waals surface area (Å²) < 4.78 is 24.3. The first kappa shape index (κ1) is 13.1. The van der Waals surface area contributed by atoms with Crippen molar-refractivity contribution >= 4 is 9.84 Å². The summed E-state index contributed by atoms with van der Waals surface area (Å²) in [6.45, 7) is 3.98. The molecule has 2 unspecified atom stereocenters. The van der Waals surface area contributed by atoms with E-state index in [9.17, 15) is 13.5 Å². The van der Waals surface area contributed by atoms with Gasteiger partial charge in [-0.25, -0.2) is 8.42 Å². The molecule has 19 heavy (non-hydrogen) atoms. The lowest BCUT2D eigenvalue weighted by Crippen LogP contribution is -2.43. The molecule has 2 aliphatic rings. The Morgan fingerprint density at radius 3 is 2.05 bits per heavy atom. The third-order valence-electron chi connectivity index (χ3n) is 4.82. The van der Waals surface area contributed by atoms with E-state index in [4.69, 9.17) is 0 Å². The van der Waals surface area contributed by atoms with Crippen molar-refractivity contribution in [2.75, 3.05) is 0 Å². The molecule has 3 rings (SSSR count). The van der Waals surface area contributed by atoms with E-state index in [1.54, 1.807) is 0 Å². The minimum atomic E-state index is -2.99. The Kier molecular flexibility index (Phi) is 2.81. The highest BCUT2D eigenvalue weighted by Crippen LogP contribution is 2.48. The van der Waals surface area contributed by atoms with Crippen LogP contribution in [-0.4, -0.2) is 24.0 Å². The van der Waals surface area contributed by atoms with Gasteiger partial charge in [-0.05, 0) is 56.2 Å². The monoisotopic (exact) mass is 280 g/mol. The summed E-state index contributed by atoms with van der Waals surface area (Å²) in [4.78, 5) is 0. The zero-order valence-corrected chi connectivity index (χ0v) is 12.2. The van der Waals surface area contributed by atoms with Gasteiger partial charge in [0.25, 0.3) is 0 Å². The highest BCUT2D eigenvalue weighted by molar-refractivity contribution is 7.93. The van der Waals surface area contributed by atoms with Gasteiger partial charge in [0.1, 0.15) is 0 Å². The Morgan fingerprint density at radius 2 is 1.58 bits per heavy atom. The Morgan fingerprint density at radius 1 is 1.11 bits per heavy atom. The molecular formula is C15H20O3S. The lowest BCUT2D eigenvalue weighted by Gasteiger charge is -2.38. The molecule has 2 atom stereocenters. The third kappa shape index (κ3) is 1.84. The topological polar surface area (TPSA) is 54.4 Å². The van der Waals surface area contributed by atoms with Crippen LogP contribution in [0.25, 0.3) is 0 Å². The van der Waals surface area contributed by atoms with Gasteiger partial charge in [0.05, 0.1) is 16.1 Å². The molecule has 104 valence electrons. The largest absolute Gasteiger partial charge is 0.385 e. The van der Waals surface area contributed by atoms with Crippen molar-refractivity contribution in [3.63, 3.8) is 0 Å². The van der Waals surface area contributed by atoms with Crippen molar-refractivity contribution in [1.29, 1.82) is 0 Å². The second kappa shape index (κ2) is 4.06. The number of sulfone groups is 1. The molecule has 2 saturated heterocycles. The molecule has 0 amide bonds. The zero-order chi connectivity index (χ0) is 13.8. The summed E-state index contributed by atoms with van der Waals surface area (Å²) in [7, 11) is -2.99. The minimum absolute atomic E-state index is 0.352. The van der Waals surface area contributed by atoms with E-state index < -0.39 is 15.4 Å². The summed E-state index contributed by atoms with van der Waals surface area (Å²) in [6, 6.07) is 5.96. The van der Waals surface area contributed by atoms with Crippen LogP contribution in [0.4, 0.5) is 0 Å². The Hall–Kier alpha value is -0.870. The van der Waals surface area contributed by atoms with Crippen LogP contribution >= 0.6 is 0 Å². The molecule has 1 aromatic carbocycles. The number of fused-ring (bicyclic) bond motifs is 2. The summed E-state index contributed by atoms with van der Waals surface area (Å²) in [5.74, 6) is 0. The molecule has 0 aliphatic carbocycles. The van der Waals surface area contributed by atoms with E-state index in [-0.39, 0.29) is 10.5 Å². The summed E-state index contributed by atoms with van der Waals surface area (Å²) in [5.41, 5.74) is 2.09. The fourth-order valence-electron chi connectivity index (χ4n) is 4.00. The Labute approximate surface area is 114 Å². The molecule has 4 heteroatoms. The van der Waals surface area contributed by atoms with Crippen LogP contribution in [-0.2, 0) is 15.4 Å². The van der Waals surface area contributed by atoms with Crippen molar-refractivity contribution in [1.82, 2.24) is 0 Å². The van der Waals surface area contributed by atoms with Crippen molar-refractivity contribution in [2.24, 2.45) is 0 Å². The maximum atomic E-state index is 12.2. The quantitative estimate of drug-likeness (QED) is 0.858. The standard InChI is InChI=1S/C15H20O3S/c1-10-4-3-5-11(2)14(10)15(16)8-12-6-7-13(9-15)19(12,17)18/h3-5,12-13,16H,6-9H2,1-2H3. The normalized spacial score (nSPS) is 36.4. The number of aryl methyl sites for hydroxylation is 2. The molecule has 0 aromatic heterocycles. The summed E-state index contributed by atoms with van der Waals surface area (Å²) in [6.07, 6.45) is 2.13. The smallest absolute Gasteiger partial charge is 0.156 e. The molecule has 0 saturated carbocycles. The first-order chi connectivity index (χ1) is 8.84. The van der Waals surface area contributed by atoms with Gasteiger partial charge < -0.3 is 5.11 Å². The molecule has 2 fully saturated rings. The second-order valence-electron chi connectivity index (χ2n) is 6.12. The van der Waals surface area contributed by atoms with Crippen LogP contribution in [0.2, 0.25) is 0 Å². The molecule has 2 bridgehead atoms. The number of aliphatic hydroxyl groups is 1. The minimum Gasteiger partial charge on any atom is -0.385 e. The van der Waals surface area contributed by atoms with Gasteiger partial charge in [-0.1, -0.05) is 18.2 Å². The SMILES string of the molecule is Cc1cccc(C)c1C1(O)CC2CCC(C1)S2(=O)=O. The van der Waals surface area contributed by atoms with Gasteiger partial charge >= 0.3 is 0 Å². The fraction of sp³-hybridized carbons (Fsp3) is 0.600. The van der Waals surface area contributed by atoms with Crippen LogP contribution in [0.5, 0.6) is 0 Å². The first-order valence-electron chi connectivity index (χ1n) is 6.86. The zero-order valence-electron chi connectivity index (χ0n) is 11.4. The molecule has 2 aliphatic heterocycles. The van der Waals surface area contributed by atoms with E-state index >= 15 is 0 Å². The predicted octanol–water partition coefficient (Wildman–Crippen LogP) is 2.23. The molecule has 0 spiro atoms. The Bertz CT molecular complexity index is 578. The van der Waals surface area contributed by atoms with Crippen LogP contribution in [0.3, 0.4) is 0 Å². The number of hydrogen-bond acceptors (Lipinski definition) is 3. The molecule has 1 aromatic rings. The molecule has 2 heterocycles. The summed E-state index contributed by atoms with van der Waals surface area (Å²) in [5, 5.41) is 10.3. The van der Waals surface area contributed by atoms with Gasteiger partial charge in [-0.2, -0.15) is 0 Å². The maximum Gasteiger partial charge on any atom is 0.156 e. The third-order valence-corrected chi connectivity index (χ3v) is 7.48. The van der Waals surface area contributed by atoms with E-state index in [1.807, 2.05) is 32.0 Å². The van der Waals surface area contributed by atoms with Crippen molar-refractivity contribution in [2.45, 2.75) is 55.6 Å². The van der Waals surface area contributed by atoms with E-state index in [0.717, 1.165) is 16.7 Å². The highest BCUT2D eigenvalue weighted by Gasteiger charge is 2.53. The van der Waals surface area contributed by atoms with Gasteiger partial charge in [-0.15, -0.1) is 0 Å². The van der Waals surface area contributed by atoms with Crippen LogP contribution in [0.15, 0.2) is 18.2 Å². The van der Waals surface area contributed by atoms with E-state index in [2.05, 4.69) is 0 Å². The van der Waals surface area contributed by atoms with Gasteiger partial charge in [0.15, 0.2) is 9.84 Å². The van der Waals surface area contributed by atoms with Crippen LogP contribution in [0, 0.1) is 13.8 Å². The van der Waals surface area contributed by atoms with Gasteiger partial charge in [-0.3, -0.25) is 0 Å². The molecule has 3 nitrogen and oxygen atoms in total. The van der Waals surface area contributed by atoms with Gasteiger partial charge in [0, 0.05) is 0 Å². The number of benzene rings is 1. The number of rotatable bonds is 1. The average molecular weight is 280 g/mol. The number of hydrogen-bond donors (Lipinski definition) is 1. The first-order valence-corrected chi connectivity index (χ1v) is 8.47.